The van der Waals surface area contributed by atoms with Crippen LogP contribution in [0.25, 0.3) is 5.69 Å². The molecular formula is C14H8F4N4O. The van der Waals surface area contributed by atoms with Crippen molar-refractivity contribution < 1.29 is 22.4 Å². The maximum atomic E-state index is 14.0. The molecule has 2 aromatic rings. The molecule has 23 heavy (non-hydrogen) atoms. The molecule has 1 aliphatic rings. The van der Waals surface area contributed by atoms with E-state index in [-0.39, 0.29) is 29.8 Å². The third-order valence-corrected chi connectivity index (χ3v) is 3.70. The highest BCUT2D eigenvalue weighted by atomic mass is 19.2. The Bertz CT molecular complexity index is 871. The quantitative estimate of drug-likeness (QED) is 0.482. The first-order valence-electron chi connectivity index (χ1n) is 6.47. The molecule has 1 unspecified atom stereocenters. The van der Waals surface area contributed by atoms with Gasteiger partial charge < -0.3 is 4.90 Å². The molecule has 0 bridgehead atoms. The second kappa shape index (κ2) is 5.08. The van der Waals surface area contributed by atoms with Crippen molar-refractivity contribution in [3.8, 4) is 11.8 Å². The molecule has 0 aliphatic carbocycles. The molecule has 5 nitrogen and oxygen atoms in total. The molecular weight excluding hydrogens is 316 g/mol. The zero-order valence-corrected chi connectivity index (χ0v) is 11.6. The third kappa shape index (κ3) is 2.06. The van der Waals surface area contributed by atoms with Gasteiger partial charge in [-0.05, 0) is 6.92 Å². The first-order chi connectivity index (χ1) is 10.9. The highest BCUT2D eigenvalue weighted by Crippen LogP contribution is 2.32. The summed E-state index contributed by atoms with van der Waals surface area (Å²) in [6.45, 7) is 1.47. The van der Waals surface area contributed by atoms with Gasteiger partial charge in [0, 0.05) is 6.07 Å². The predicted molar refractivity (Wildman–Crippen MR) is 69.9 cm³/mol. The number of benzene rings is 1. The van der Waals surface area contributed by atoms with Gasteiger partial charge in [-0.2, -0.15) is 10.4 Å². The first kappa shape index (κ1) is 15.0. The van der Waals surface area contributed by atoms with Gasteiger partial charge in [0.15, 0.2) is 34.9 Å². The minimum Gasteiger partial charge on any atom is -0.338 e. The molecule has 1 aromatic heterocycles. The van der Waals surface area contributed by atoms with Crippen LogP contribution in [0.4, 0.5) is 23.4 Å². The van der Waals surface area contributed by atoms with Crippen molar-refractivity contribution in [1.29, 1.82) is 5.26 Å². The Morgan fingerprint density at radius 1 is 1.26 bits per heavy atom. The van der Waals surface area contributed by atoms with Crippen LogP contribution < -0.4 is 4.90 Å². The summed E-state index contributed by atoms with van der Waals surface area (Å²) in [7, 11) is 0. The fraction of sp³-hybridized carbons (Fsp3) is 0.214. The minimum absolute atomic E-state index is 0.0483. The fourth-order valence-electron chi connectivity index (χ4n) is 2.37. The lowest BCUT2D eigenvalue weighted by Gasteiger charge is -2.38. The van der Waals surface area contributed by atoms with Gasteiger partial charge in [-0.15, -0.1) is 0 Å². The third-order valence-electron chi connectivity index (χ3n) is 3.70. The Balaban J connectivity index is 2.24. The number of anilines is 1. The number of carbonyl (C=O) groups is 1. The lowest BCUT2D eigenvalue weighted by atomic mass is 10.0. The minimum atomic E-state index is -1.85. The average molecular weight is 324 g/mol. The zero-order valence-electron chi connectivity index (χ0n) is 11.6. The number of halogens is 4. The Hall–Kier alpha value is -2.89. The van der Waals surface area contributed by atoms with Crippen LogP contribution in [0.15, 0.2) is 12.3 Å². The lowest BCUT2D eigenvalue weighted by molar-refractivity contribution is -0.122. The number of ketones is 1. The van der Waals surface area contributed by atoms with Crippen LogP contribution in [0.3, 0.4) is 0 Å². The van der Waals surface area contributed by atoms with E-state index in [1.165, 1.54) is 4.90 Å². The molecule has 1 aliphatic heterocycles. The number of hydrogen-bond donors (Lipinski definition) is 0. The van der Waals surface area contributed by atoms with Crippen molar-refractivity contribution in [3.63, 3.8) is 0 Å². The second-order valence-electron chi connectivity index (χ2n) is 4.99. The van der Waals surface area contributed by atoms with E-state index in [9.17, 15) is 22.4 Å². The van der Waals surface area contributed by atoms with Crippen molar-refractivity contribution in [1.82, 2.24) is 9.78 Å². The molecule has 1 fully saturated rings. The zero-order chi connectivity index (χ0) is 16.9. The van der Waals surface area contributed by atoms with E-state index in [1.807, 2.05) is 0 Å². The number of carbonyl (C=O) groups excluding carboxylic acids is 1. The van der Waals surface area contributed by atoms with Crippen molar-refractivity contribution in [2.45, 2.75) is 13.0 Å². The number of nitrogens with zero attached hydrogens (tertiary/aromatic N) is 4. The summed E-state index contributed by atoms with van der Waals surface area (Å²) in [6.07, 6.45) is 1.03. The fourth-order valence-corrected chi connectivity index (χ4v) is 2.37. The van der Waals surface area contributed by atoms with Crippen molar-refractivity contribution in [3.05, 3.63) is 41.1 Å². The van der Waals surface area contributed by atoms with E-state index < -0.39 is 35.0 Å². The van der Waals surface area contributed by atoms with Gasteiger partial charge in [0.2, 0.25) is 0 Å². The Labute approximate surface area is 127 Å². The first-order valence-corrected chi connectivity index (χ1v) is 6.47. The van der Waals surface area contributed by atoms with E-state index in [0.29, 0.717) is 4.68 Å². The molecule has 1 aromatic carbocycles. The summed E-state index contributed by atoms with van der Waals surface area (Å²) in [6, 6.07) is 1.36. The number of Topliss-reactive ketones (excluding diaryl/α,β-unsaturated/α-hetero) is 1. The van der Waals surface area contributed by atoms with Crippen LogP contribution in [0.1, 0.15) is 12.5 Å². The summed E-state index contributed by atoms with van der Waals surface area (Å²) in [5.41, 5.74) is -1.00. The van der Waals surface area contributed by atoms with Crippen LogP contribution >= 0.6 is 0 Å². The molecule has 3 rings (SSSR count). The predicted octanol–water partition coefficient (Wildman–Crippen LogP) is 2.08. The van der Waals surface area contributed by atoms with Gasteiger partial charge in [0.25, 0.3) is 0 Å². The highest BCUT2D eigenvalue weighted by Gasteiger charge is 2.38. The number of hydrogen-bond acceptors (Lipinski definition) is 4. The molecule has 0 amide bonds. The van der Waals surface area contributed by atoms with Gasteiger partial charge in [-0.25, -0.2) is 22.2 Å². The number of rotatable bonds is 2. The Kier molecular flexibility index (Phi) is 3.32. The lowest BCUT2D eigenvalue weighted by Crippen LogP contribution is -2.56. The molecule has 0 N–H and O–H groups in total. The molecule has 1 saturated heterocycles. The highest BCUT2D eigenvalue weighted by molar-refractivity contribution is 5.98. The topological polar surface area (TPSA) is 61.9 Å². The van der Waals surface area contributed by atoms with Crippen LogP contribution in [-0.4, -0.2) is 28.2 Å². The maximum absolute atomic E-state index is 14.0. The molecule has 2 heterocycles. The monoisotopic (exact) mass is 324 g/mol. The van der Waals surface area contributed by atoms with E-state index >= 15 is 0 Å². The SMILES string of the molecule is CC1C(=O)CN1c1c(C#N)cnn1-c1c(F)cc(F)c(F)c1F. The van der Waals surface area contributed by atoms with Gasteiger partial charge in [-0.3, -0.25) is 4.79 Å². The summed E-state index contributed by atoms with van der Waals surface area (Å²) >= 11 is 0. The molecule has 9 heteroatoms. The van der Waals surface area contributed by atoms with E-state index in [4.69, 9.17) is 5.26 Å². The maximum Gasteiger partial charge on any atom is 0.196 e. The molecule has 1 atom stereocenters. The molecule has 0 saturated carbocycles. The number of aromatic nitrogens is 2. The van der Waals surface area contributed by atoms with Gasteiger partial charge in [0.1, 0.15) is 17.3 Å². The Morgan fingerprint density at radius 2 is 1.96 bits per heavy atom. The summed E-state index contributed by atoms with van der Waals surface area (Å²) in [5, 5.41) is 12.8. The Morgan fingerprint density at radius 3 is 2.52 bits per heavy atom. The smallest absolute Gasteiger partial charge is 0.196 e. The van der Waals surface area contributed by atoms with E-state index in [0.717, 1.165) is 6.20 Å². The average Bonchev–Trinajstić information content (AvgIpc) is 2.93. The van der Waals surface area contributed by atoms with E-state index in [2.05, 4.69) is 5.10 Å². The summed E-state index contributed by atoms with van der Waals surface area (Å²) in [5.74, 6) is -6.86. The van der Waals surface area contributed by atoms with Crippen molar-refractivity contribution >= 4 is 11.6 Å². The summed E-state index contributed by atoms with van der Waals surface area (Å²) < 4.78 is 55.1. The van der Waals surface area contributed by atoms with Gasteiger partial charge in [-0.1, -0.05) is 0 Å². The second-order valence-corrected chi connectivity index (χ2v) is 4.99. The van der Waals surface area contributed by atoms with Crippen LogP contribution in [0.2, 0.25) is 0 Å². The standard InChI is InChI=1S/C14H8F4N4O/c1-6-10(23)5-21(6)14-7(3-19)4-20-22(14)13-9(16)2-8(15)11(17)12(13)18/h2,4,6H,5H2,1H3. The summed E-state index contributed by atoms with van der Waals surface area (Å²) in [4.78, 5) is 12.8. The van der Waals surface area contributed by atoms with Gasteiger partial charge >= 0.3 is 0 Å². The van der Waals surface area contributed by atoms with Crippen LogP contribution in [0, 0.1) is 34.6 Å². The normalized spacial score (nSPS) is 17.1. The van der Waals surface area contributed by atoms with Crippen LogP contribution in [-0.2, 0) is 4.79 Å². The van der Waals surface area contributed by atoms with Gasteiger partial charge in [0.05, 0.1) is 18.8 Å². The molecule has 0 radical (unpaired) electrons. The van der Waals surface area contributed by atoms with E-state index in [1.54, 1.807) is 13.0 Å². The van der Waals surface area contributed by atoms with Crippen molar-refractivity contribution in [2.75, 3.05) is 11.4 Å². The molecule has 118 valence electrons. The number of nitriles is 1. The molecule has 0 spiro atoms. The van der Waals surface area contributed by atoms with Crippen molar-refractivity contribution in [2.24, 2.45) is 0 Å². The van der Waals surface area contributed by atoms with Crippen LogP contribution in [0.5, 0.6) is 0 Å². The largest absolute Gasteiger partial charge is 0.338 e.